The second kappa shape index (κ2) is 5.51. The molecule has 0 aromatic carbocycles. The summed E-state index contributed by atoms with van der Waals surface area (Å²) >= 11 is 0. The summed E-state index contributed by atoms with van der Waals surface area (Å²) in [7, 11) is -6.64. The molecule has 0 unspecified atom stereocenters. The first-order chi connectivity index (χ1) is 8.18. The van der Waals surface area contributed by atoms with Crippen LogP contribution in [0.2, 0.25) is 0 Å². The van der Waals surface area contributed by atoms with E-state index in [1.54, 1.807) is 50.1 Å². The van der Waals surface area contributed by atoms with Crippen molar-refractivity contribution in [1.82, 2.24) is 4.90 Å². The Bertz CT molecular complexity index is 491. The summed E-state index contributed by atoms with van der Waals surface area (Å²) in [5, 5.41) is 0. The van der Waals surface area contributed by atoms with E-state index in [1.807, 2.05) is 0 Å². The molecule has 0 radical (unpaired) electrons. The van der Waals surface area contributed by atoms with Crippen LogP contribution in [-0.4, -0.2) is 58.6 Å². The normalized spacial score (nSPS) is 16.2. The van der Waals surface area contributed by atoms with Crippen LogP contribution in [0.15, 0.2) is 11.1 Å². The van der Waals surface area contributed by atoms with E-state index in [4.69, 9.17) is 0 Å². The molecule has 12 heteroatoms. The molecule has 0 rings (SSSR count). The third-order valence-corrected chi connectivity index (χ3v) is 2.27. The Labute approximate surface area is 113 Å². The average Bonchev–Trinajstić information content (AvgIpc) is 1.92. The maximum absolute atomic E-state index is 11.2. The van der Waals surface area contributed by atoms with Gasteiger partial charge in [-0.15, -0.1) is 0 Å². The van der Waals surface area contributed by atoms with Gasteiger partial charge in [-0.1, -0.05) is 0 Å². The molecule has 0 saturated carbocycles. The van der Waals surface area contributed by atoms with Gasteiger partial charge in [0.15, 0.2) is 16.1 Å². The summed E-state index contributed by atoms with van der Waals surface area (Å²) in [6.07, 6.45) is 4.35. The van der Waals surface area contributed by atoms with Gasteiger partial charge >= 0.3 is 33.0 Å². The zero-order valence-corrected chi connectivity index (χ0v) is 13.2. The van der Waals surface area contributed by atoms with E-state index in [9.17, 15) is 33.6 Å². The fourth-order valence-electron chi connectivity index (χ4n) is 0.734. The molecular weight excluding hydrogens is 333 g/mol. The molecule has 0 aliphatic rings. The van der Waals surface area contributed by atoms with E-state index in [-0.39, 0.29) is 0 Å². The number of hydrogen-bond donors (Lipinski definition) is 0. The van der Waals surface area contributed by atoms with Gasteiger partial charge < -0.3 is 4.90 Å². The summed E-state index contributed by atoms with van der Waals surface area (Å²) < 4.78 is 83.4. The van der Waals surface area contributed by atoms with Crippen molar-refractivity contribution in [2.24, 2.45) is 0 Å². The number of sulfone groups is 1. The molecule has 20 heavy (non-hydrogen) atoms. The minimum absolute atomic E-state index is 0.308. The van der Waals surface area contributed by atoms with Crippen molar-refractivity contribution < 1.29 is 38.2 Å². The topological polar surface area (TPSA) is 40.4 Å². The molecule has 0 amide bonds. The van der Waals surface area contributed by atoms with Crippen molar-refractivity contribution in [2.45, 2.75) is 0 Å². The van der Waals surface area contributed by atoms with Gasteiger partial charge in [-0.3, -0.25) is 0 Å². The van der Waals surface area contributed by atoms with Crippen molar-refractivity contribution in [3.63, 3.8) is 0 Å². The number of halogens is 6. The van der Waals surface area contributed by atoms with Gasteiger partial charge in [0.2, 0.25) is 0 Å². The van der Waals surface area contributed by atoms with Crippen LogP contribution in [0.1, 0.15) is 0 Å². The van der Waals surface area contributed by atoms with Gasteiger partial charge in [-0.2, -0.15) is 0 Å². The summed E-state index contributed by atoms with van der Waals surface area (Å²) in [5.74, 6) is 0. The molecule has 0 aliphatic carbocycles. The summed E-state index contributed by atoms with van der Waals surface area (Å²) in [6.45, 7) is 0. The third-order valence-electron chi connectivity index (χ3n) is 1.20. The minimum atomic E-state index is -10.7. The van der Waals surface area contributed by atoms with E-state index >= 15 is 0 Å². The molecule has 0 spiro atoms. The monoisotopic (exact) mass is 350 g/mol. The SMILES string of the molecule is CN(C)/C=C(/C=[N+](C)C)S(C)(=O)=O.F[P-](F)(F)(F)(F)F. The Morgan fingerprint density at radius 3 is 1.50 bits per heavy atom. The van der Waals surface area contributed by atoms with Gasteiger partial charge in [-0.05, 0) is 0 Å². The average molecular weight is 350 g/mol. The first-order valence-electron chi connectivity index (χ1n) is 4.84. The summed E-state index contributed by atoms with van der Waals surface area (Å²) in [5.41, 5.74) is 0. The molecule has 0 heterocycles. The van der Waals surface area contributed by atoms with Crippen LogP contribution in [0.25, 0.3) is 0 Å². The van der Waals surface area contributed by atoms with Crippen LogP contribution < -0.4 is 0 Å². The van der Waals surface area contributed by atoms with Crippen molar-refractivity contribution in [3.8, 4) is 0 Å². The molecule has 4 nitrogen and oxygen atoms in total. The van der Waals surface area contributed by atoms with Gasteiger partial charge in [0.05, 0.1) is 0 Å². The summed E-state index contributed by atoms with van der Waals surface area (Å²) in [4.78, 5) is 2.01. The Kier molecular flexibility index (Phi) is 5.92. The molecule has 0 saturated heterocycles. The maximum atomic E-state index is 11.2. The fraction of sp³-hybridized carbons (Fsp3) is 0.625. The number of nitrogens with zero attached hydrogens (tertiary/aromatic N) is 2. The van der Waals surface area contributed by atoms with Crippen molar-refractivity contribution >= 4 is 23.9 Å². The number of hydrogen-bond acceptors (Lipinski definition) is 3. The molecule has 0 bridgehead atoms. The van der Waals surface area contributed by atoms with Crippen LogP contribution in [0.5, 0.6) is 0 Å². The second-order valence-electron chi connectivity index (χ2n) is 4.32. The number of rotatable bonds is 3. The van der Waals surface area contributed by atoms with Gasteiger partial charge in [0, 0.05) is 26.6 Å². The Hall–Kier alpha value is -0.830. The molecule has 0 aromatic rings. The molecule has 124 valence electrons. The zero-order valence-electron chi connectivity index (χ0n) is 11.5. The van der Waals surface area contributed by atoms with Crippen molar-refractivity contribution in [1.29, 1.82) is 0 Å². The second-order valence-corrected chi connectivity index (χ2v) is 8.25. The van der Waals surface area contributed by atoms with E-state index in [0.29, 0.717) is 4.91 Å². The first kappa shape index (κ1) is 21.5. The summed E-state index contributed by atoms with van der Waals surface area (Å²) in [6, 6.07) is 0. The van der Waals surface area contributed by atoms with Crippen LogP contribution in [0.3, 0.4) is 0 Å². The third kappa shape index (κ3) is 25.9. The predicted octanol–water partition coefficient (Wildman–Crippen LogP) is 3.16. The predicted molar refractivity (Wildman–Crippen MR) is 68.4 cm³/mol. The molecule has 0 aliphatic heterocycles. The molecule has 0 atom stereocenters. The van der Waals surface area contributed by atoms with Crippen LogP contribution in [-0.2, 0) is 9.84 Å². The van der Waals surface area contributed by atoms with Crippen molar-refractivity contribution in [2.75, 3.05) is 34.4 Å². The van der Waals surface area contributed by atoms with Gasteiger partial charge in [-0.25, -0.2) is 13.0 Å². The molecular formula is C8H17F6N2O2PS. The molecule has 0 N–H and O–H groups in total. The number of allylic oxidation sites excluding steroid dienone is 1. The van der Waals surface area contributed by atoms with Crippen LogP contribution in [0, 0.1) is 0 Å². The van der Waals surface area contributed by atoms with Gasteiger partial charge in [0.1, 0.15) is 19.0 Å². The van der Waals surface area contributed by atoms with E-state index < -0.39 is 17.6 Å². The first-order valence-corrected chi connectivity index (χ1v) is 8.76. The van der Waals surface area contributed by atoms with E-state index in [1.165, 1.54) is 6.26 Å². The zero-order chi connectivity index (χ0) is 17.1. The van der Waals surface area contributed by atoms with E-state index in [2.05, 4.69) is 0 Å². The van der Waals surface area contributed by atoms with Crippen LogP contribution in [0.4, 0.5) is 25.2 Å². The standard InChI is InChI=1S/C8H17N2O2S.F6P/c1-9(2)6-8(7-10(3)4)13(5,11)12;1-7(2,3,4,5)6/h6-7H,1-5H3;/q+1;-1. The quantitative estimate of drug-likeness (QED) is 0.340. The van der Waals surface area contributed by atoms with Crippen LogP contribution >= 0.6 is 7.81 Å². The Morgan fingerprint density at radius 2 is 1.35 bits per heavy atom. The Morgan fingerprint density at radius 1 is 1.05 bits per heavy atom. The van der Waals surface area contributed by atoms with E-state index in [0.717, 1.165) is 0 Å². The van der Waals surface area contributed by atoms with Crippen molar-refractivity contribution in [3.05, 3.63) is 11.1 Å². The fourth-order valence-corrected chi connectivity index (χ4v) is 1.54. The van der Waals surface area contributed by atoms with Gasteiger partial charge in [0.25, 0.3) is 0 Å². The molecule has 0 aromatic heterocycles. The Balaban J connectivity index is 0. The molecule has 0 fully saturated rings.